The summed E-state index contributed by atoms with van der Waals surface area (Å²) in [5, 5.41) is 0. The summed E-state index contributed by atoms with van der Waals surface area (Å²) in [7, 11) is 0. The second-order valence-electron chi connectivity index (χ2n) is 1.76. The number of hydrogen-bond acceptors (Lipinski definition) is 0. The van der Waals surface area contributed by atoms with Crippen molar-refractivity contribution in [3.63, 3.8) is 0 Å². The lowest BCUT2D eigenvalue weighted by Crippen LogP contribution is -1.49. The van der Waals surface area contributed by atoms with E-state index in [-0.39, 0.29) is 0 Å². The van der Waals surface area contributed by atoms with Crippen LogP contribution in [0, 0.1) is 0 Å². The summed E-state index contributed by atoms with van der Waals surface area (Å²) in [6, 6.07) is 0. The second kappa shape index (κ2) is 9.58. The normalized spacial score (nSPS) is 5.83. The lowest BCUT2D eigenvalue weighted by atomic mass is 10.4. The van der Waals surface area contributed by atoms with Crippen LogP contribution < -0.4 is 0 Å². The van der Waals surface area contributed by atoms with Crippen LogP contribution in [0.3, 0.4) is 0 Å². The summed E-state index contributed by atoms with van der Waals surface area (Å²) in [5.74, 6) is 0. The molecule has 0 saturated carbocycles. The zero-order chi connectivity index (χ0) is 9.98. The maximum Gasteiger partial charge on any atom is 0.321 e. The molecular formula is C8H6F4. The van der Waals surface area contributed by atoms with Gasteiger partial charge in [0.25, 0.3) is 0 Å². The van der Waals surface area contributed by atoms with Crippen LogP contribution in [0.4, 0.5) is 17.9 Å². The van der Waals surface area contributed by atoms with Crippen molar-refractivity contribution in [1.82, 2.24) is 0 Å². The van der Waals surface area contributed by atoms with Gasteiger partial charge in [0.05, 0.1) is 0 Å². The number of halogens is 4. The molecule has 0 saturated heterocycles. The molecule has 0 aliphatic rings. The highest BCUT2D eigenvalue weighted by molar-refractivity contribution is 4.94. The predicted octanol–water partition coefficient (Wildman–Crippen LogP) is 3.64. The summed E-state index contributed by atoms with van der Waals surface area (Å²) >= 11 is 0. The van der Waals surface area contributed by atoms with Gasteiger partial charge < -0.3 is 0 Å². The van der Waals surface area contributed by atoms with Gasteiger partial charge in [-0.1, -0.05) is 5.73 Å². The highest BCUT2D eigenvalue weighted by Gasteiger charge is 1.74. The Balaban J connectivity index is 0. The topological polar surface area (TPSA) is 0 Å². The number of allylic oxidation sites excluding steroid dienone is 1. The Kier molecular flexibility index (Phi) is 10.5. The van der Waals surface area contributed by atoms with Crippen molar-refractivity contribution >= 4 is 0 Å². The van der Waals surface area contributed by atoms with Crippen molar-refractivity contribution in [1.29, 1.82) is 0 Å². The molecule has 0 unspecified atom stereocenters. The van der Waals surface area contributed by atoms with Gasteiger partial charge in [0.15, 0.2) is 0 Å². The summed E-state index contributed by atoms with van der Waals surface area (Å²) in [4.78, 5) is 0. The van der Waals surface area contributed by atoms with Gasteiger partial charge >= 0.3 is 6.08 Å². The minimum Gasteiger partial charge on any atom is -0.163 e. The highest BCUT2D eigenvalue weighted by Crippen LogP contribution is 1.89. The van der Waals surface area contributed by atoms with Crippen molar-refractivity contribution in [2.24, 2.45) is 0 Å². The standard InChI is InChI=1S/C8H6F2.F2/c1-7(2)5-3-4-6-8(9)10;1-2/h1-2H3;. The van der Waals surface area contributed by atoms with E-state index >= 15 is 0 Å². The largest absolute Gasteiger partial charge is 0.321 e. The molecule has 0 N–H and O–H groups in total. The SMILES string of the molecule is CC(C)=C=C=C=C=C(F)F.FF. The van der Waals surface area contributed by atoms with Gasteiger partial charge in [0.1, 0.15) is 0 Å². The van der Waals surface area contributed by atoms with Gasteiger partial charge in [-0.05, 0) is 30.9 Å². The molecular weight excluding hydrogens is 172 g/mol. The highest BCUT2D eigenvalue weighted by atomic mass is 20.0. The van der Waals surface area contributed by atoms with Crippen LogP contribution in [0.1, 0.15) is 13.8 Å². The Bertz CT molecular complexity index is 240. The van der Waals surface area contributed by atoms with Crippen molar-refractivity contribution in [2.45, 2.75) is 13.8 Å². The third kappa shape index (κ3) is 15.8. The summed E-state index contributed by atoms with van der Waals surface area (Å²) in [5.41, 5.74) is 9.21. The fourth-order valence-electron chi connectivity index (χ4n) is 0.235. The van der Waals surface area contributed by atoms with E-state index in [2.05, 4.69) is 11.5 Å². The van der Waals surface area contributed by atoms with E-state index in [0.29, 0.717) is 0 Å². The molecule has 0 aliphatic carbocycles. The number of rotatable bonds is 0. The van der Waals surface area contributed by atoms with Gasteiger partial charge in [-0.25, -0.2) is 0 Å². The van der Waals surface area contributed by atoms with Crippen LogP contribution in [0.25, 0.3) is 0 Å². The van der Waals surface area contributed by atoms with E-state index in [9.17, 15) is 8.78 Å². The Morgan fingerprint density at radius 3 is 1.67 bits per heavy atom. The molecule has 0 nitrogen and oxygen atoms in total. The summed E-state index contributed by atoms with van der Waals surface area (Å²) < 4.78 is 38.5. The molecule has 0 rings (SSSR count). The average Bonchev–Trinajstić information content (AvgIpc) is 2.02. The molecule has 0 aromatic rings. The Morgan fingerprint density at radius 1 is 0.917 bits per heavy atom. The van der Waals surface area contributed by atoms with E-state index in [1.165, 1.54) is 0 Å². The molecule has 0 aromatic heterocycles. The molecule has 66 valence electrons. The van der Waals surface area contributed by atoms with Gasteiger partial charge in [0.2, 0.25) is 0 Å². The molecule has 0 radical (unpaired) electrons. The fraction of sp³-hybridized carbons (Fsp3) is 0.250. The van der Waals surface area contributed by atoms with Gasteiger partial charge in [-0.3, -0.25) is 0 Å². The van der Waals surface area contributed by atoms with Crippen molar-refractivity contribution < 1.29 is 17.9 Å². The Hall–Kier alpha value is -1.42. The van der Waals surface area contributed by atoms with Gasteiger partial charge in [-0.15, -0.1) is 0 Å². The molecule has 0 aromatic carbocycles. The molecule has 4 heteroatoms. The summed E-state index contributed by atoms with van der Waals surface area (Å²) in [6.45, 7) is 3.56. The monoisotopic (exact) mass is 178 g/mol. The van der Waals surface area contributed by atoms with Crippen LogP contribution in [0.5, 0.6) is 0 Å². The molecule has 0 spiro atoms. The maximum absolute atomic E-state index is 11.2. The van der Waals surface area contributed by atoms with Crippen LogP contribution >= 0.6 is 0 Å². The fourth-order valence-corrected chi connectivity index (χ4v) is 0.235. The second-order valence-corrected chi connectivity index (χ2v) is 1.76. The van der Waals surface area contributed by atoms with Crippen LogP contribution in [0.15, 0.2) is 34.6 Å². The lowest BCUT2D eigenvalue weighted by molar-refractivity contribution is 0.108. The molecule has 12 heavy (non-hydrogen) atoms. The van der Waals surface area contributed by atoms with E-state index in [0.717, 1.165) is 5.57 Å². The van der Waals surface area contributed by atoms with E-state index in [1.807, 2.05) is 5.73 Å². The lowest BCUT2D eigenvalue weighted by Gasteiger charge is -1.67. The molecule has 0 amide bonds. The van der Waals surface area contributed by atoms with Crippen molar-refractivity contribution in [2.75, 3.05) is 0 Å². The van der Waals surface area contributed by atoms with Crippen molar-refractivity contribution in [3.05, 3.63) is 34.6 Å². The summed E-state index contributed by atoms with van der Waals surface area (Å²) in [6.07, 6.45) is -1.90. The molecule has 0 aliphatic heterocycles. The zero-order valence-corrected chi connectivity index (χ0v) is 6.51. The third-order valence-electron chi connectivity index (χ3n) is 0.532. The van der Waals surface area contributed by atoms with Crippen molar-refractivity contribution in [3.8, 4) is 0 Å². The zero-order valence-electron chi connectivity index (χ0n) is 6.51. The Labute approximate surface area is 67.4 Å². The van der Waals surface area contributed by atoms with Crippen LogP contribution in [0.2, 0.25) is 0 Å². The first kappa shape index (κ1) is 13.2. The van der Waals surface area contributed by atoms with E-state index < -0.39 is 6.08 Å². The van der Waals surface area contributed by atoms with Crippen LogP contribution in [-0.4, -0.2) is 0 Å². The number of hydrogen-bond donors (Lipinski definition) is 0. The predicted molar refractivity (Wildman–Crippen MR) is 36.9 cm³/mol. The minimum atomic E-state index is -1.90. The molecule has 0 atom stereocenters. The third-order valence-corrected chi connectivity index (χ3v) is 0.532. The van der Waals surface area contributed by atoms with Gasteiger partial charge in [0, 0.05) is 14.9 Å². The molecule has 0 bridgehead atoms. The van der Waals surface area contributed by atoms with E-state index in [1.54, 1.807) is 19.6 Å². The smallest absolute Gasteiger partial charge is 0.163 e. The first-order valence-corrected chi connectivity index (χ1v) is 2.77. The Morgan fingerprint density at radius 2 is 1.33 bits per heavy atom. The maximum atomic E-state index is 11.2. The average molecular weight is 178 g/mol. The van der Waals surface area contributed by atoms with Crippen LogP contribution in [-0.2, 0) is 0 Å². The van der Waals surface area contributed by atoms with E-state index in [4.69, 9.17) is 9.15 Å². The minimum absolute atomic E-state index is 0.855. The quantitative estimate of drug-likeness (QED) is 0.392. The first-order valence-electron chi connectivity index (χ1n) is 2.77. The van der Waals surface area contributed by atoms with Gasteiger partial charge in [-0.2, -0.15) is 8.78 Å². The molecule has 0 fully saturated rings. The first-order chi connectivity index (χ1) is 5.63. The molecule has 0 heterocycles.